The van der Waals surface area contributed by atoms with Gasteiger partial charge in [-0.15, -0.1) is 0 Å². The van der Waals surface area contributed by atoms with E-state index in [0.717, 1.165) is 25.1 Å². The van der Waals surface area contributed by atoms with E-state index in [2.05, 4.69) is 22.5 Å². The number of ether oxygens (including phenoxy) is 2. The monoisotopic (exact) mass is 323 g/mol. The van der Waals surface area contributed by atoms with Crippen molar-refractivity contribution in [1.29, 1.82) is 0 Å². The first-order chi connectivity index (χ1) is 10.6. The van der Waals surface area contributed by atoms with Crippen molar-refractivity contribution < 1.29 is 9.47 Å². The summed E-state index contributed by atoms with van der Waals surface area (Å²) in [5.74, 6) is 1.66. The van der Waals surface area contributed by atoms with Crippen LogP contribution in [0.1, 0.15) is 24.9 Å². The highest BCUT2D eigenvalue weighted by atomic mass is 35.5. The zero-order valence-electron chi connectivity index (χ0n) is 13.2. The molecule has 2 aliphatic heterocycles. The van der Waals surface area contributed by atoms with Gasteiger partial charge in [0, 0.05) is 31.1 Å². The molecule has 1 saturated heterocycles. The first kappa shape index (κ1) is 15.4. The molecule has 2 heterocycles. The lowest BCUT2D eigenvalue weighted by atomic mass is 9.86. The van der Waals surface area contributed by atoms with Crippen LogP contribution in [0.25, 0.3) is 0 Å². The highest BCUT2D eigenvalue weighted by Gasteiger charge is 2.36. The van der Waals surface area contributed by atoms with Crippen LogP contribution in [-0.2, 0) is 0 Å². The molecule has 0 bridgehead atoms. The zero-order valence-corrected chi connectivity index (χ0v) is 14.0. The van der Waals surface area contributed by atoms with Crippen molar-refractivity contribution in [2.75, 3.05) is 33.9 Å². The lowest BCUT2D eigenvalue weighted by molar-refractivity contribution is 0.271. The van der Waals surface area contributed by atoms with Crippen molar-refractivity contribution in [2.24, 2.45) is 11.0 Å². The van der Waals surface area contributed by atoms with Crippen LogP contribution in [0, 0.1) is 5.92 Å². The zero-order chi connectivity index (χ0) is 15.7. The Hall–Kier alpha value is -1.46. The Bertz CT molecular complexity index is 591. The van der Waals surface area contributed by atoms with Gasteiger partial charge in [-0.1, -0.05) is 11.6 Å². The Balaban J connectivity index is 1.92. The topological polar surface area (TPSA) is 46.1 Å². The minimum absolute atomic E-state index is 0.139. The molecule has 1 N–H and O–H groups in total. The van der Waals surface area contributed by atoms with Gasteiger partial charge in [-0.3, -0.25) is 0 Å². The van der Waals surface area contributed by atoms with Gasteiger partial charge in [0.2, 0.25) is 0 Å². The van der Waals surface area contributed by atoms with E-state index in [0.29, 0.717) is 29.0 Å². The first-order valence-electron chi connectivity index (χ1n) is 7.64. The molecule has 120 valence electrons. The summed E-state index contributed by atoms with van der Waals surface area (Å²) in [5, 5.41) is 5.09. The van der Waals surface area contributed by atoms with Crippen LogP contribution in [0.2, 0.25) is 5.02 Å². The maximum absolute atomic E-state index is 6.37. The van der Waals surface area contributed by atoms with Crippen molar-refractivity contribution in [2.45, 2.75) is 19.4 Å². The molecule has 0 radical (unpaired) electrons. The third kappa shape index (κ3) is 2.75. The molecule has 1 fully saturated rings. The molecule has 22 heavy (non-hydrogen) atoms. The molecule has 0 spiro atoms. The van der Waals surface area contributed by atoms with E-state index in [1.807, 2.05) is 19.1 Å². The van der Waals surface area contributed by atoms with Gasteiger partial charge in [-0.05, 0) is 31.7 Å². The van der Waals surface area contributed by atoms with Crippen LogP contribution >= 0.6 is 11.6 Å². The number of fused-ring (bicyclic) bond motifs is 1. The summed E-state index contributed by atoms with van der Waals surface area (Å²) in [6, 6.07) is 4.10. The Kier molecular flexibility index (Phi) is 4.45. The number of nitrogens with one attached hydrogen (secondary N) is 1. The quantitative estimate of drug-likeness (QED) is 0.925. The molecule has 0 aliphatic carbocycles. The largest absolute Gasteiger partial charge is 0.491 e. The van der Waals surface area contributed by atoms with Crippen molar-refractivity contribution in [1.82, 2.24) is 10.3 Å². The van der Waals surface area contributed by atoms with Gasteiger partial charge >= 0.3 is 0 Å². The van der Waals surface area contributed by atoms with E-state index < -0.39 is 0 Å². The molecule has 3 rings (SSSR count). The number of benzene rings is 1. The van der Waals surface area contributed by atoms with Gasteiger partial charge < -0.3 is 19.8 Å². The number of methoxy groups -OCH3 is 1. The number of hydrogen-bond acceptors (Lipinski definition) is 5. The van der Waals surface area contributed by atoms with Crippen LogP contribution in [-0.4, -0.2) is 44.5 Å². The summed E-state index contributed by atoms with van der Waals surface area (Å²) < 4.78 is 11.0. The summed E-state index contributed by atoms with van der Waals surface area (Å²) in [5.41, 5.74) is 5.62. The maximum Gasteiger partial charge on any atom is 0.179 e. The number of hydrogen-bond donors (Lipinski definition) is 1. The number of likely N-dealkylation sites (tertiary alicyclic amines) is 1. The second-order valence-electron chi connectivity index (χ2n) is 5.80. The molecule has 1 aromatic rings. The average Bonchev–Trinajstić information content (AvgIpc) is 2.90. The first-order valence-corrected chi connectivity index (χ1v) is 8.02. The highest BCUT2D eigenvalue weighted by Crippen LogP contribution is 2.41. The summed E-state index contributed by atoms with van der Waals surface area (Å²) in [4.78, 5) is 2.35. The number of rotatable bonds is 4. The van der Waals surface area contributed by atoms with E-state index >= 15 is 0 Å². The maximum atomic E-state index is 6.37. The van der Waals surface area contributed by atoms with Gasteiger partial charge in [0.1, 0.15) is 0 Å². The van der Waals surface area contributed by atoms with Gasteiger partial charge in [0.15, 0.2) is 11.5 Å². The van der Waals surface area contributed by atoms with Gasteiger partial charge in [0.05, 0.1) is 24.8 Å². The standard InChI is InChI=1S/C16H22ClN3O2/c1-4-22-14-8-10(7-12(17)16(14)21-3)15-11-9-20(2)6-5-13(11)18-19-15/h7-8,11,15,19H,4-6,9H2,1-3H3. The average molecular weight is 324 g/mol. The predicted molar refractivity (Wildman–Crippen MR) is 88.1 cm³/mol. The fourth-order valence-electron chi connectivity index (χ4n) is 3.24. The van der Waals surface area contributed by atoms with E-state index in [1.165, 1.54) is 5.71 Å². The van der Waals surface area contributed by atoms with Crippen LogP contribution < -0.4 is 14.9 Å². The Morgan fingerprint density at radius 2 is 2.27 bits per heavy atom. The molecular formula is C16H22ClN3O2. The van der Waals surface area contributed by atoms with Crippen LogP contribution in [0.3, 0.4) is 0 Å². The normalized spacial score (nSPS) is 24.5. The molecule has 2 aliphatic rings. The summed E-state index contributed by atoms with van der Waals surface area (Å²) >= 11 is 6.37. The lowest BCUT2D eigenvalue weighted by Crippen LogP contribution is -2.39. The second-order valence-corrected chi connectivity index (χ2v) is 6.20. The van der Waals surface area contributed by atoms with E-state index in [4.69, 9.17) is 21.1 Å². The van der Waals surface area contributed by atoms with Crippen LogP contribution in [0.5, 0.6) is 11.5 Å². The van der Waals surface area contributed by atoms with Gasteiger partial charge in [-0.2, -0.15) is 5.10 Å². The summed E-state index contributed by atoms with van der Waals surface area (Å²) in [6.07, 6.45) is 1.02. The predicted octanol–water partition coefficient (Wildman–Crippen LogP) is 2.70. The molecule has 1 aromatic carbocycles. The molecule has 2 atom stereocenters. The molecule has 0 amide bonds. The van der Waals surface area contributed by atoms with Crippen molar-refractivity contribution in [3.05, 3.63) is 22.7 Å². The number of hydrazone groups is 1. The van der Waals surface area contributed by atoms with Crippen LogP contribution in [0.15, 0.2) is 17.2 Å². The number of nitrogens with zero attached hydrogens (tertiary/aromatic N) is 2. The van der Waals surface area contributed by atoms with Gasteiger partial charge in [-0.25, -0.2) is 0 Å². The third-order valence-corrected chi connectivity index (χ3v) is 4.61. The van der Waals surface area contributed by atoms with E-state index in [1.54, 1.807) is 7.11 Å². The number of halogens is 1. The lowest BCUT2D eigenvalue weighted by Gasteiger charge is -2.31. The molecule has 2 unspecified atom stereocenters. The molecular weight excluding hydrogens is 302 g/mol. The molecule has 6 heteroatoms. The molecule has 5 nitrogen and oxygen atoms in total. The second kappa shape index (κ2) is 6.34. The minimum Gasteiger partial charge on any atom is -0.491 e. The fourth-order valence-corrected chi connectivity index (χ4v) is 3.53. The number of piperidine rings is 1. The SMILES string of the molecule is CCOc1cc(C2NN=C3CCN(C)CC32)cc(Cl)c1OC. The van der Waals surface area contributed by atoms with Crippen LogP contribution in [0.4, 0.5) is 0 Å². The van der Waals surface area contributed by atoms with E-state index in [9.17, 15) is 0 Å². The third-order valence-electron chi connectivity index (χ3n) is 4.33. The van der Waals surface area contributed by atoms with Crippen molar-refractivity contribution >= 4 is 17.3 Å². The summed E-state index contributed by atoms with van der Waals surface area (Å²) in [7, 11) is 3.76. The van der Waals surface area contributed by atoms with Crippen molar-refractivity contribution in [3.63, 3.8) is 0 Å². The fraction of sp³-hybridized carbons (Fsp3) is 0.562. The van der Waals surface area contributed by atoms with E-state index in [-0.39, 0.29) is 6.04 Å². The Morgan fingerprint density at radius 1 is 1.45 bits per heavy atom. The van der Waals surface area contributed by atoms with Crippen molar-refractivity contribution in [3.8, 4) is 11.5 Å². The highest BCUT2D eigenvalue weighted by molar-refractivity contribution is 6.32. The molecule has 0 saturated carbocycles. The summed E-state index contributed by atoms with van der Waals surface area (Å²) in [6.45, 7) is 4.59. The smallest absolute Gasteiger partial charge is 0.179 e. The molecule has 0 aromatic heterocycles. The Labute approximate surface area is 136 Å². The minimum atomic E-state index is 0.139. The Morgan fingerprint density at radius 3 is 3.00 bits per heavy atom. The van der Waals surface area contributed by atoms with Gasteiger partial charge in [0.25, 0.3) is 0 Å².